The van der Waals surface area contributed by atoms with Crippen molar-refractivity contribution in [3.63, 3.8) is 0 Å². The van der Waals surface area contributed by atoms with E-state index in [2.05, 4.69) is 12.2 Å². The lowest BCUT2D eigenvalue weighted by atomic mass is 9.98. The molecule has 0 aliphatic carbocycles. The number of anilines is 1. The molecule has 0 aliphatic heterocycles. The first-order valence-corrected chi connectivity index (χ1v) is 11.4. The monoisotopic (exact) mass is 428 g/mol. The van der Waals surface area contributed by atoms with E-state index in [0.29, 0.717) is 23.4 Å². The van der Waals surface area contributed by atoms with E-state index in [1.807, 2.05) is 67.3 Å². The third-order valence-corrected chi connectivity index (χ3v) is 5.62. The summed E-state index contributed by atoms with van der Waals surface area (Å²) in [6, 6.07) is 22.9. The van der Waals surface area contributed by atoms with Gasteiger partial charge in [0.25, 0.3) is 11.8 Å². The highest BCUT2D eigenvalue weighted by atomic mass is 16.2. The summed E-state index contributed by atoms with van der Waals surface area (Å²) < 4.78 is 0. The summed E-state index contributed by atoms with van der Waals surface area (Å²) in [5.74, 6) is -0.138. The molecule has 0 spiro atoms. The number of carbonyl (C=O) groups is 2. The first-order valence-electron chi connectivity index (χ1n) is 11.4. The normalized spacial score (nSPS) is 10.6. The Labute approximate surface area is 191 Å². The molecule has 4 nitrogen and oxygen atoms in total. The molecule has 0 radical (unpaired) electrons. The van der Waals surface area contributed by atoms with Crippen LogP contribution in [-0.4, -0.2) is 29.8 Å². The van der Waals surface area contributed by atoms with Crippen molar-refractivity contribution in [2.24, 2.45) is 0 Å². The van der Waals surface area contributed by atoms with Gasteiger partial charge in [-0.05, 0) is 61.7 Å². The van der Waals surface area contributed by atoms with E-state index >= 15 is 0 Å². The lowest BCUT2D eigenvalue weighted by molar-refractivity contribution is 0.0761. The van der Waals surface area contributed by atoms with Gasteiger partial charge in [-0.2, -0.15) is 0 Å². The topological polar surface area (TPSA) is 49.4 Å². The Morgan fingerprint density at radius 3 is 2.19 bits per heavy atom. The molecule has 3 aromatic carbocycles. The minimum atomic E-state index is -0.171. The zero-order valence-corrected chi connectivity index (χ0v) is 19.2. The maximum absolute atomic E-state index is 13.0. The molecule has 0 unspecified atom stereocenters. The van der Waals surface area contributed by atoms with Gasteiger partial charge in [0.15, 0.2) is 0 Å². The number of hydrogen-bond donors (Lipinski definition) is 1. The number of aryl methyl sites for hydroxylation is 1. The molecule has 0 aliphatic rings. The Morgan fingerprint density at radius 2 is 1.53 bits per heavy atom. The van der Waals surface area contributed by atoms with Crippen LogP contribution in [0, 0.1) is 6.92 Å². The zero-order chi connectivity index (χ0) is 22.9. The van der Waals surface area contributed by atoms with Gasteiger partial charge in [0.05, 0.1) is 0 Å². The second-order valence-corrected chi connectivity index (χ2v) is 8.04. The number of unbranched alkanes of at least 4 members (excludes halogenated alkanes) is 2. The van der Waals surface area contributed by atoms with Crippen LogP contribution in [0.2, 0.25) is 0 Å². The van der Waals surface area contributed by atoms with E-state index in [1.54, 1.807) is 24.3 Å². The van der Waals surface area contributed by atoms with Gasteiger partial charge in [-0.3, -0.25) is 9.59 Å². The summed E-state index contributed by atoms with van der Waals surface area (Å²) >= 11 is 0. The van der Waals surface area contributed by atoms with Crippen molar-refractivity contribution in [2.75, 3.05) is 18.4 Å². The Balaban J connectivity index is 1.72. The Morgan fingerprint density at radius 1 is 0.844 bits per heavy atom. The van der Waals surface area contributed by atoms with Crippen LogP contribution in [-0.2, 0) is 0 Å². The minimum absolute atomic E-state index is 0.0335. The predicted octanol–water partition coefficient (Wildman–Crippen LogP) is 6.57. The van der Waals surface area contributed by atoms with E-state index < -0.39 is 0 Å². The number of amides is 2. The Hall–Kier alpha value is -3.40. The highest BCUT2D eigenvalue weighted by Crippen LogP contribution is 2.25. The molecular formula is C28H32N2O2. The quantitative estimate of drug-likeness (QED) is 0.392. The molecule has 2 amide bonds. The second kappa shape index (κ2) is 11.3. The molecule has 166 valence electrons. The first kappa shape index (κ1) is 23.3. The van der Waals surface area contributed by atoms with E-state index in [4.69, 9.17) is 0 Å². The highest BCUT2D eigenvalue weighted by molar-refractivity contribution is 6.09. The molecule has 4 heteroatoms. The van der Waals surface area contributed by atoms with Gasteiger partial charge in [-0.15, -0.1) is 0 Å². The van der Waals surface area contributed by atoms with Crippen LogP contribution in [0.5, 0.6) is 0 Å². The van der Waals surface area contributed by atoms with Crippen LogP contribution < -0.4 is 5.32 Å². The molecule has 3 aromatic rings. The number of carbonyl (C=O) groups excluding carboxylic acids is 2. The molecule has 0 heterocycles. The lowest BCUT2D eigenvalue weighted by Gasteiger charge is -2.21. The van der Waals surface area contributed by atoms with Crippen molar-refractivity contribution in [2.45, 2.75) is 40.0 Å². The fraction of sp³-hybridized carbons (Fsp3) is 0.286. The van der Waals surface area contributed by atoms with Gasteiger partial charge < -0.3 is 10.2 Å². The third kappa shape index (κ3) is 5.85. The van der Waals surface area contributed by atoms with Crippen molar-refractivity contribution in [1.82, 2.24) is 4.90 Å². The molecule has 0 saturated heterocycles. The predicted molar refractivity (Wildman–Crippen MR) is 132 cm³/mol. The maximum atomic E-state index is 13.0. The molecule has 0 bridgehead atoms. The molecule has 1 N–H and O–H groups in total. The van der Waals surface area contributed by atoms with Crippen LogP contribution in [0.3, 0.4) is 0 Å². The average Bonchev–Trinajstić information content (AvgIpc) is 2.82. The van der Waals surface area contributed by atoms with Crippen LogP contribution in [0.25, 0.3) is 11.1 Å². The van der Waals surface area contributed by atoms with Gasteiger partial charge in [-0.25, -0.2) is 0 Å². The van der Waals surface area contributed by atoms with E-state index in [1.165, 1.54) is 5.56 Å². The van der Waals surface area contributed by atoms with Crippen LogP contribution in [0.4, 0.5) is 5.69 Å². The summed E-state index contributed by atoms with van der Waals surface area (Å²) in [7, 11) is 0. The molecule has 0 fully saturated rings. The van der Waals surface area contributed by atoms with Crippen molar-refractivity contribution in [1.29, 1.82) is 0 Å². The van der Waals surface area contributed by atoms with Gasteiger partial charge in [0.1, 0.15) is 0 Å². The van der Waals surface area contributed by atoms with Crippen molar-refractivity contribution >= 4 is 17.5 Å². The van der Waals surface area contributed by atoms with Crippen molar-refractivity contribution < 1.29 is 9.59 Å². The third-order valence-electron chi connectivity index (χ3n) is 5.62. The van der Waals surface area contributed by atoms with Crippen molar-refractivity contribution in [3.05, 3.63) is 89.5 Å². The number of rotatable bonds is 9. The summed E-state index contributed by atoms with van der Waals surface area (Å²) in [5, 5.41) is 2.97. The molecule has 0 aromatic heterocycles. The van der Waals surface area contributed by atoms with Crippen LogP contribution >= 0.6 is 0 Å². The highest BCUT2D eigenvalue weighted by Gasteiger charge is 2.15. The van der Waals surface area contributed by atoms with Gasteiger partial charge in [0, 0.05) is 29.9 Å². The summed E-state index contributed by atoms with van der Waals surface area (Å²) in [6.45, 7) is 7.67. The summed E-state index contributed by atoms with van der Waals surface area (Å²) in [5.41, 5.74) is 5.00. The molecular weight excluding hydrogens is 396 g/mol. The molecule has 0 atom stereocenters. The molecule has 32 heavy (non-hydrogen) atoms. The number of nitrogens with one attached hydrogen (secondary N) is 1. The van der Waals surface area contributed by atoms with Crippen LogP contribution in [0.15, 0.2) is 72.8 Å². The minimum Gasteiger partial charge on any atom is -0.339 e. The van der Waals surface area contributed by atoms with Crippen LogP contribution in [0.1, 0.15) is 59.4 Å². The fourth-order valence-corrected chi connectivity index (χ4v) is 3.70. The molecule has 3 rings (SSSR count). The standard InChI is InChI=1S/C28H32N2O2/c1-4-6-9-20-30(5-2)28(32)23-16-18-24(19-17-23)29-27(31)26-11-8-7-10-25(26)22-14-12-21(3)13-15-22/h7-8,10-19H,4-6,9,20H2,1-3H3,(H,29,31). The summed E-state index contributed by atoms with van der Waals surface area (Å²) in [4.78, 5) is 27.7. The lowest BCUT2D eigenvalue weighted by Crippen LogP contribution is -2.31. The van der Waals surface area contributed by atoms with Crippen molar-refractivity contribution in [3.8, 4) is 11.1 Å². The number of hydrogen-bond acceptors (Lipinski definition) is 2. The average molecular weight is 429 g/mol. The van der Waals surface area contributed by atoms with Gasteiger partial charge in [-0.1, -0.05) is 67.8 Å². The fourth-order valence-electron chi connectivity index (χ4n) is 3.70. The largest absolute Gasteiger partial charge is 0.339 e. The SMILES string of the molecule is CCCCCN(CC)C(=O)c1ccc(NC(=O)c2ccccc2-c2ccc(C)cc2)cc1. The maximum Gasteiger partial charge on any atom is 0.256 e. The number of nitrogens with zero attached hydrogens (tertiary/aromatic N) is 1. The Kier molecular flexibility index (Phi) is 8.20. The van der Waals surface area contributed by atoms with E-state index in [-0.39, 0.29) is 11.8 Å². The van der Waals surface area contributed by atoms with Gasteiger partial charge >= 0.3 is 0 Å². The smallest absolute Gasteiger partial charge is 0.256 e. The summed E-state index contributed by atoms with van der Waals surface area (Å²) in [6.07, 6.45) is 3.27. The Bertz CT molecular complexity index is 1040. The zero-order valence-electron chi connectivity index (χ0n) is 19.2. The first-order chi connectivity index (χ1) is 15.5. The van der Waals surface area contributed by atoms with Gasteiger partial charge in [0.2, 0.25) is 0 Å². The second-order valence-electron chi connectivity index (χ2n) is 8.04. The van der Waals surface area contributed by atoms with E-state index in [0.717, 1.165) is 36.9 Å². The number of benzene rings is 3. The van der Waals surface area contributed by atoms with E-state index in [9.17, 15) is 9.59 Å². The molecule has 0 saturated carbocycles.